The summed E-state index contributed by atoms with van der Waals surface area (Å²) in [6, 6.07) is 18.9. The Morgan fingerprint density at radius 2 is 1.80 bits per heavy atom. The molecule has 1 unspecified atom stereocenters. The van der Waals surface area contributed by atoms with E-state index in [1.54, 1.807) is 21.6 Å². The number of para-hydroxylation sites is 2. The van der Waals surface area contributed by atoms with Gasteiger partial charge in [-0.2, -0.15) is 0 Å². The number of benzene rings is 3. The molecule has 2 aliphatic rings. The Hall–Kier alpha value is -4.32. The summed E-state index contributed by atoms with van der Waals surface area (Å²) >= 11 is 0. The second kappa shape index (κ2) is 13.6. The van der Waals surface area contributed by atoms with Crippen LogP contribution in [0, 0.1) is 18.7 Å². The van der Waals surface area contributed by atoms with E-state index in [1.165, 1.54) is 24.5 Å². The first-order chi connectivity index (χ1) is 22.3. The first-order valence-electron chi connectivity index (χ1n) is 16.6. The summed E-state index contributed by atoms with van der Waals surface area (Å²) in [5.74, 6) is 0.659. The van der Waals surface area contributed by atoms with Crippen LogP contribution in [0.2, 0.25) is 0 Å². The summed E-state index contributed by atoms with van der Waals surface area (Å²) in [4.78, 5) is 20.2. The Morgan fingerprint density at radius 1 is 1.04 bits per heavy atom. The van der Waals surface area contributed by atoms with Gasteiger partial charge in [0.15, 0.2) is 6.30 Å². The highest BCUT2D eigenvalue weighted by atomic mass is 19.1. The third-order valence-electron chi connectivity index (χ3n) is 9.52. The second-order valence-electron chi connectivity index (χ2n) is 12.9. The van der Waals surface area contributed by atoms with Crippen molar-refractivity contribution < 1.29 is 13.6 Å². The lowest BCUT2D eigenvalue weighted by atomic mass is 9.90. The summed E-state index contributed by atoms with van der Waals surface area (Å²) < 4.78 is 32.8. The van der Waals surface area contributed by atoms with Crippen LogP contribution in [0.5, 0.6) is 0 Å². The molecular formula is C40H43F2N3O. The van der Waals surface area contributed by atoms with Gasteiger partial charge in [-0.15, -0.1) is 0 Å². The van der Waals surface area contributed by atoms with E-state index >= 15 is 8.78 Å². The average Bonchev–Trinajstić information content (AvgIpc) is 3.81. The number of hydrogen-bond donors (Lipinski definition) is 0. The summed E-state index contributed by atoms with van der Waals surface area (Å²) in [5.41, 5.74) is 7.33. The number of halogens is 2. The van der Waals surface area contributed by atoms with Crippen molar-refractivity contribution in [3.8, 4) is 0 Å². The Morgan fingerprint density at radius 3 is 2.52 bits per heavy atom. The Kier molecular flexibility index (Phi) is 9.34. The number of nitrogens with zero attached hydrogens (tertiary/aromatic N) is 3. The first kappa shape index (κ1) is 31.7. The molecule has 3 aromatic carbocycles. The lowest BCUT2D eigenvalue weighted by Gasteiger charge is -2.32. The minimum Gasteiger partial charge on any atom is -0.339 e. The minimum atomic E-state index is -1.16. The van der Waals surface area contributed by atoms with E-state index in [9.17, 15) is 4.79 Å². The number of aryl methyl sites for hydroxylation is 1. The monoisotopic (exact) mass is 619 g/mol. The van der Waals surface area contributed by atoms with Gasteiger partial charge < -0.3 is 4.90 Å². The molecule has 1 saturated heterocycles. The summed E-state index contributed by atoms with van der Waals surface area (Å²) in [5, 5.41) is 0. The third-order valence-corrected chi connectivity index (χ3v) is 9.52. The number of hydrogen-bond acceptors (Lipinski definition) is 2. The lowest BCUT2D eigenvalue weighted by Crippen LogP contribution is -2.39. The molecule has 6 rings (SSSR count). The molecule has 1 amide bonds. The summed E-state index contributed by atoms with van der Waals surface area (Å²) in [6.07, 6.45) is 8.71. The quantitative estimate of drug-likeness (QED) is 0.157. The molecule has 2 fully saturated rings. The van der Waals surface area contributed by atoms with Crippen molar-refractivity contribution in [1.82, 2.24) is 14.5 Å². The number of likely N-dealkylation sites (tertiary alicyclic amines) is 1. The van der Waals surface area contributed by atoms with Crippen LogP contribution in [0.1, 0.15) is 103 Å². The van der Waals surface area contributed by atoms with E-state index in [4.69, 9.17) is 4.98 Å². The normalized spacial score (nSPS) is 16.5. The van der Waals surface area contributed by atoms with Crippen LogP contribution in [0.15, 0.2) is 85.5 Å². The minimum absolute atomic E-state index is 0.0175. The van der Waals surface area contributed by atoms with Crippen LogP contribution in [0.25, 0.3) is 22.7 Å². The van der Waals surface area contributed by atoms with Crippen LogP contribution in [0.3, 0.4) is 0 Å². The molecule has 0 spiro atoms. The van der Waals surface area contributed by atoms with Crippen molar-refractivity contribution in [2.45, 2.75) is 71.0 Å². The van der Waals surface area contributed by atoms with E-state index in [-0.39, 0.29) is 17.4 Å². The Balaban J connectivity index is 1.23. The highest BCUT2D eigenvalue weighted by Crippen LogP contribution is 2.37. The Labute approximate surface area is 271 Å². The fraction of sp³-hybridized carbons (Fsp3) is 0.350. The highest BCUT2D eigenvalue weighted by molar-refractivity contribution is 5.96. The molecule has 1 atom stereocenters. The maximum absolute atomic E-state index is 15.9. The zero-order valence-corrected chi connectivity index (χ0v) is 26.9. The van der Waals surface area contributed by atoms with Gasteiger partial charge in [0.2, 0.25) is 0 Å². The van der Waals surface area contributed by atoms with Crippen molar-refractivity contribution in [1.29, 1.82) is 0 Å². The zero-order valence-electron chi connectivity index (χ0n) is 26.9. The molecule has 0 radical (unpaired) electrons. The van der Waals surface area contributed by atoms with Gasteiger partial charge in [-0.3, -0.25) is 9.36 Å². The highest BCUT2D eigenvalue weighted by Gasteiger charge is 2.31. The van der Waals surface area contributed by atoms with Crippen LogP contribution in [-0.4, -0.2) is 33.4 Å². The third kappa shape index (κ3) is 6.62. The fourth-order valence-corrected chi connectivity index (χ4v) is 6.75. The van der Waals surface area contributed by atoms with Gasteiger partial charge in [0.1, 0.15) is 11.6 Å². The van der Waals surface area contributed by atoms with E-state index in [0.29, 0.717) is 32.4 Å². The van der Waals surface area contributed by atoms with Gasteiger partial charge in [-0.25, -0.2) is 13.8 Å². The standard InChI is InChI=1S/C40H43F2N3O/c1-5-28-10-9-11-31(24-28)32(17-14-26(3)22-29-15-16-29)33-25-35(41)34(23-27(33)4)40(46)44-20-18-30(19-21-44)39-43-36-12-7-8-13-37(36)45(39)38(42)6-2/h5,7-13,17,23-25,29-30,38H,1,3,6,14-16,18-22H2,2,4H3/b32-17-. The maximum atomic E-state index is 15.9. The second-order valence-corrected chi connectivity index (χ2v) is 12.9. The molecule has 6 heteroatoms. The molecule has 1 aliphatic heterocycles. The number of alkyl halides is 1. The van der Waals surface area contributed by atoms with E-state index < -0.39 is 12.1 Å². The molecule has 4 nitrogen and oxygen atoms in total. The number of fused-ring (bicyclic) bond motifs is 1. The molecule has 1 saturated carbocycles. The van der Waals surface area contributed by atoms with Crippen molar-refractivity contribution in [3.05, 3.63) is 125 Å². The summed E-state index contributed by atoms with van der Waals surface area (Å²) in [6.45, 7) is 12.9. The predicted molar refractivity (Wildman–Crippen MR) is 184 cm³/mol. The van der Waals surface area contributed by atoms with E-state index in [0.717, 1.165) is 63.4 Å². The maximum Gasteiger partial charge on any atom is 0.256 e. The number of allylic oxidation sites excluding steroid dienone is 2. The van der Waals surface area contributed by atoms with Crippen LogP contribution >= 0.6 is 0 Å². The predicted octanol–water partition coefficient (Wildman–Crippen LogP) is 10.2. The van der Waals surface area contributed by atoms with Crippen molar-refractivity contribution in [2.24, 2.45) is 5.92 Å². The molecular weight excluding hydrogens is 576 g/mol. The smallest absolute Gasteiger partial charge is 0.256 e. The average molecular weight is 620 g/mol. The molecule has 0 bridgehead atoms. The van der Waals surface area contributed by atoms with Crippen LogP contribution in [-0.2, 0) is 0 Å². The van der Waals surface area contributed by atoms with E-state index in [2.05, 4.69) is 25.3 Å². The van der Waals surface area contributed by atoms with Gasteiger partial charge >= 0.3 is 0 Å². The molecule has 1 aromatic heterocycles. The molecule has 46 heavy (non-hydrogen) atoms. The van der Waals surface area contributed by atoms with Crippen LogP contribution < -0.4 is 0 Å². The van der Waals surface area contributed by atoms with Gasteiger partial charge in [0.05, 0.1) is 16.6 Å². The molecule has 1 aliphatic carbocycles. The fourth-order valence-electron chi connectivity index (χ4n) is 6.75. The SMILES string of the molecule is C=Cc1cccc(/C(=C/CC(=C)CC2CC2)c2cc(F)c(C(=O)N3CCC(c4nc5ccccc5n4C(F)CC)CC3)cc2C)c1. The van der Waals surface area contributed by atoms with Gasteiger partial charge in [0.25, 0.3) is 5.91 Å². The number of imidazole rings is 1. The number of carbonyl (C=O) groups is 1. The summed E-state index contributed by atoms with van der Waals surface area (Å²) in [7, 11) is 0. The number of rotatable bonds is 11. The van der Waals surface area contributed by atoms with Gasteiger partial charge in [-0.05, 0) is 116 Å². The number of aromatic nitrogens is 2. The van der Waals surface area contributed by atoms with Crippen molar-refractivity contribution >= 4 is 28.6 Å². The van der Waals surface area contributed by atoms with Gasteiger partial charge in [-0.1, -0.05) is 68.1 Å². The van der Waals surface area contributed by atoms with Crippen molar-refractivity contribution in [3.63, 3.8) is 0 Å². The molecule has 238 valence electrons. The number of carbonyl (C=O) groups excluding carboxylic acids is 1. The molecule has 2 heterocycles. The zero-order chi connectivity index (χ0) is 32.4. The number of piperidine rings is 1. The number of amides is 1. The largest absolute Gasteiger partial charge is 0.339 e. The van der Waals surface area contributed by atoms with Gasteiger partial charge in [0, 0.05) is 19.0 Å². The van der Waals surface area contributed by atoms with Crippen molar-refractivity contribution in [2.75, 3.05) is 13.1 Å². The topological polar surface area (TPSA) is 38.1 Å². The lowest BCUT2D eigenvalue weighted by molar-refractivity contribution is 0.0703. The molecule has 0 N–H and O–H groups in total. The Bertz CT molecular complexity index is 1810. The first-order valence-corrected chi connectivity index (χ1v) is 16.6. The molecule has 4 aromatic rings. The van der Waals surface area contributed by atoms with E-state index in [1.807, 2.05) is 56.3 Å². The van der Waals surface area contributed by atoms with Crippen LogP contribution in [0.4, 0.5) is 8.78 Å².